The first-order valence-corrected chi connectivity index (χ1v) is 9.34. The van der Waals surface area contributed by atoms with Gasteiger partial charge in [0, 0.05) is 31.2 Å². The molecule has 0 unspecified atom stereocenters. The van der Waals surface area contributed by atoms with Gasteiger partial charge in [-0.1, -0.05) is 30.8 Å². The number of carbonyl (C=O) groups is 1. The van der Waals surface area contributed by atoms with Crippen LogP contribution in [0.15, 0.2) is 38.6 Å². The third-order valence-electron chi connectivity index (χ3n) is 3.61. The predicted octanol–water partition coefficient (Wildman–Crippen LogP) is 2.89. The van der Waals surface area contributed by atoms with Crippen molar-refractivity contribution in [1.29, 1.82) is 0 Å². The molecule has 0 aliphatic heterocycles. The molecule has 0 saturated heterocycles. The second-order valence-corrected chi connectivity index (χ2v) is 7.26. The molecule has 0 aromatic carbocycles. The van der Waals surface area contributed by atoms with E-state index in [1.807, 2.05) is 16.7 Å². The summed E-state index contributed by atoms with van der Waals surface area (Å²) in [5.41, 5.74) is 6.04. The number of nitrogens with two attached hydrogens (primary N) is 1. The predicted molar refractivity (Wildman–Crippen MR) is 96.1 cm³/mol. The molecule has 1 amide bonds. The number of aromatic nitrogens is 4. The van der Waals surface area contributed by atoms with Gasteiger partial charge in [0.05, 0.1) is 12.0 Å². The van der Waals surface area contributed by atoms with Crippen molar-refractivity contribution < 1.29 is 13.7 Å². The second kappa shape index (κ2) is 8.22. The highest BCUT2D eigenvalue weighted by Crippen LogP contribution is 2.26. The van der Waals surface area contributed by atoms with Crippen LogP contribution in [0, 0.1) is 5.92 Å². The highest BCUT2D eigenvalue weighted by atomic mass is 32.2. The van der Waals surface area contributed by atoms with Crippen LogP contribution in [0.25, 0.3) is 11.5 Å². The molecule has 0 aliphatic carbocycles. The number of furan rings is 1. The zero-order valence-corrected chi connectivity index (χ0v) is 15.5. The van der Waals surface area contributed by atoms with Gasteiger partial charge in [-0.25, -0.2) is 0 Å². The average molecular weight is 375 g/mol. The topological polar surface area (TPSA) is 113 Å². The second-order valence-electron chi connectivity index (χ2n) is 6.32. The summed E-state index contributed by atoms with van der Waals surface area (Å²) in [7, 11) is 0. The molecule has 0 saturated carbocycles. The molecule has 3 aromatic rings. The fraction of sp³-hybridized carbons (Fsp3) is 0.412. The molecule has 9 heteroatoms. The van der Waals surface area contributed by atoms with Crippen LogP contribution < -0.4 is 5.73 Å². The van der Waals surface area contributed by atoms with E-state index >= 15 is 0 Å². The summed E-state index contributed by atoms with van der Waals surface area (Å²) in [5.74, 6) is 2.69. The van der Waals surface area contributed by atoms with Crippen molar-refractivity contribution in [3.05, 3.63) is 36.0 Å². The van der Waals surface area contributed by atoms with E-state index in [0.29, 0.717) is 29.6 Å². The van der Waals surface area contributed by atoms with Crippen LogP contribution in [-0.2, 0) is 23.5 Å². The van der Waals surface area contributed by atoms with Crippen molar-refractivity contribution in [3.8, 4) is 11.5 Å². The monoisotopic (exact) mass is 375 g/mol. The van der Waals surface area contributed by atoms with Crippen LogP contribution in [0.3, 0.4) is 0 Å². The molecule has 8 nitrogen and oxygen atoms in total. The molecule has 0 radical (unpaired) electrons. The Balaban J connectivity index is 1.69. The number of hydrogen-bond acceptors (Lipinski definition) is 7. The number of amides is 1. The summed E-state index contributed by atoms with van der Waals surface area (Å²) < 4.78 is 12.7. The van der Waals surface area contributed by atoms with E-state index in [9.17, 15) is 4.79 Å². The van der Waals surface area contributed by atoms with Gasteiger partial charge in [0.15, 0.2) is 10.9 Å². The van der Waals surface area contributed by atoms with Gasteiger partial charge in [0.1, 0.15) is 5.82 Å². The van der Waals surface area contributed by atoms with Gasteiger partial charge in [0.25, 0.3) is 0 Å². The maximum absolute atomic E-state index is 11.1. The van der Waals surface area contributed by atoms with Crippen LogP contribution in [0.1, 0.15) is 31.8 Å². The Labute approximate surface area is 155 Å². The number of aryl methyl sites for hydroxylation is 1. The molecule has 3 heterocycles. The summed E-state index contributed by atoms with van der Waals surface area (Å²) in [5, 5.41) is 13.4. The fourth-order valence-electron chi connectivity index (χ4n) is 2.45. The van der Waals surface area contributed by atoms with Crippen LogP contribution in [-0.4, -0.2) is 25.8 Å². The minimum Gasteiger partial charge on any atom is -0.461 e. The van der Waals surface area contributed by atoms with E-state index in [0.717, 1.165) is 23.2 Å². The van der Waals surface area contributed by atoms with Crippen molar-refractivity contribution >= 4 is 17.7 Å². The SMILES string of the molecule is CC(C)Cn1c(CCC(N)=O)nnc1SCc1cc(-c2ccco2)on1. The fourth-order valence-corrected chi connectivity index (χ4v) is 3.29. The highest BCUT2D eigenvalue weighted by molar-refractivity contribution is 7.98. The summed E-state index contributed by atoms with van der Waals surface area (Å²) in [6.07, 6.45) is 2.34. The molecule has 0 aliphatic rings. The van der Waals surface area contributed by atoms with E-state index in [-0.39, 0.29) is 12.3 Å². The Morgan fingerprint density at radius 2 is 2.19 bits per heavy atom. The van der Waals surface area contributed by atoms with Gasteiger partial charge in [-0.3, -0.25) is 4.79 Å². The Morgan fingerprint density at radius 1 is 1.35 bits per heavy atom. The Bertz CT molecular complexity index is 854. The van der Waals surface area contributed by atoms with Gasteiger partial charge < -0.3 is 19.2 Å². The van der Waals surface area contributed by atoms with E-state index < -0.39 is 0 Å². The lowest BCUT2D eigenvalue weighted by Crippen LogP contribution is -2.15. The first kappa shape index (κ1) is 18.2. The van der Waals surface area contributed by atoms with Crippen LogP contribution in [0.4, 0.5) is 0 Å². The molecule has 0 spiro atoms. The van der Waals surface area contributed by atoms with E-state index in [4.69, 9.17) is 14.7 Å². The normalized spacial score (nSPS) is 11.3. The van der Waals surface area contributed by atoms with Crippen molar-refractivity contribution in [2.75, 3.05) is 0 Å². The summed E-state index contributed by atoms with van der Waals surface area (Å²) >= 11 is 1.53. The molecule has 2 N–H and O–H groups in total. The lowest BCUT2D eigenvalue weighted by atomic mass is 10.2. The molecule has 0 atom stereocenters. The lowest BCUT2D eigenvalue weighted by Gasteiger charge is -2.11. The minimum absolute atomic E-state index is 0.261. The van der Waals surface area contributed by atoms with Crippen LogP contribution in [0.2, 0.25) is 0 Å². The minimum atomic E-state index is -0.341. The molecule has 3 aromatic heterocycles. The number of rotatable bonds is 9. The van der Waals surface area contributed by atoms with E-state index in [1.165, 1.54) is 11.8 Å². The van der Waals surface area contributed by atoms with E-state index in [2.05, 4.69) is 29.2 Å². The van der Waals surface area contributed by atoms with Crippen LogP contribution >= 0.6 is 11.8 Å². The number of primary amides is 1. The zero-order valence-electron chi connectivity index (χ0n) is 14.7. The van der Waals surface area contributed by atoms with Crippen molar-refractivity contribution in [1.82, 2.24) is 19.9 Å². The van der Waals surface area contributed by atoms with Crippen molar-refractivity contribution in [3.63, 3.8) is 0 Å². The molecule has 3 rings (SSSR count). The third-order valence-corrected chi connectivity index (χ3v) is 4.61. The molecular formula is C17H21N5O3S. The summed E-state index contributed by atoms with van der Waals surface area (Å²) in [6.45, 7) is 5.03. The number of carbonyl (C=O) groups excluding carboxylic acids is 1. The Morgan fingerprint density at radius 3 is 2.88 bits per heavy atom. The molecule has 138 valence electrons. The zero-order chi connectivity index (χ0) is 18.5. The van der Waals surface area contributed by atoms with Gasteiger partial charge >= 0.3 is 0 Å². The standard InChI is InChI=1S/C17H21N5O3S/c1-11(2)9-22-16(6-5-15(18)23)19-20-17(22)26-10-12-8-14(25-21-12)13-4-3-7-24-13/h3-4,7-8,11H,5-6,9-10H2,1-2H3,(H2,18,23). The first-order chi connectivity index (χ1) is 12.5. The molecule has 26 heavy (non-hydrogen) atoms. The molecular weight excluding hydrogens is 354 g/mol. The summed E-state index contributed by atoms with van der Waals surface area (Å²) in [4.78, 5) is 11.1. The first-order valence-electron chi connectivity index (χ1n) is 8.35. The van der Waals surface area contributed by atoms with Crippen molar-refractivity contribution in [2.45, 2.75) is 44.1 Å². The number of thioether (sulfide) groups is 1. The Hall–Kier alpha value is -2.55. The van der Waals surface area contributed by atoms with Gasteiger partial charge in [-0.2, -0.15) is 0 Å². The highest BCUT2D eigenvalue weighted by Gasteiger charge is 2.16. The largest absolute Gasteiger partial charge is 0.461 e. The van der Waals surface area contributed by atoms with Gasteiger partial charge in [-0.05, 0) is 18.1 Å². The third kappa shape index (κ3) is 4.54. The quantitative estimate of drug-likeness (QED) is 0.572. The van der Waals surface area contributed by atoms with Crippen molar-refractivity contribution in [2.24, 2.45) is 11.7 Å². The number of hydrogen-bond donors (Lipinski definition) is 1. The lowest BCUT2D eigenvalue weighted by molar-refractivity contribution is -0.118. The maximum Gasteiger partial charge on any atom is 0.217 e. The van der Waals surface area contributed by atoms with Gasteiger partial charge in [0.2, 0.25) is 11.7 Å². The Kier molecular flexibility index (Phi) is 5.77. The van der Waals surface area contributed by atoms with Crippen LogP contribution in [0.5, 0.6) is 0 Å². The average Bonchev–Trinajstić information content (AvgIpc) is 3.32. The van der Waals surface area contributed by atoms with E-state index in [1.54, 1.807) is 12.3 Å². The molecule has 0 bridgehead atoms. The number of nitrogens with zero attached hydrogens (tertiary/aromatic N) is 4. The van der Waals surface area contributed by atoms with Gasteiger partial charge in [-0.15, -0.1) is 10.2 Å². The maximum atomic E-state index is 11.1. The molecule has 0 fully saturated rings. The summed E-state index contributed by atoms with van der Waals surface area (Å²) in [6, 6.07) is 5.47. The smallest absolute Gasteiger partial charge is 0.217 e.